The summed E-state index contributed by atoms with van der Waals surface area (Å²) < 4.78 is 10.3. The molecule has 4 heteroatoms. The van der Waals surface area contributed by atoms with Crippen LogP contribution in [0.4, 0.5) is 0 Å². The second-order valence-corrected chi connectivity index (χ2v) is 3.77. The average molecular weight is 220 g/mol. The van der Waals surface area contributed by atoms with Crippen LogP contribution in [0.1, 0.15) is 22.8 Å². The molecule has 1 aliphatic rings. The highest BCUT2D eigenvalue weighted by Gasteiger charge is 2.31. The van der Waals surface area contributed by atoms with E-state index in [1.54, 1.807) is 12.1 Å². The number of carbonyl (C=O) groups is 2. The van der Waals surface area contributed by atoms with Gasteiger partial charge in [0.05, 0.1) is 5.56 Å². The zero-order chi connectivity index (χ0) is 11.7. The van der Waals surface area contributed by atoms with E-state index in [9.17, 15) is 9.59 Å². The molecule has 0 amide bonds. The number of hydrogen-bond acceptors (Lipinski definition) is 4. The molecule has 84 valence electrons. The van der Waals surface area contributed by atoms with Crippen LogP contribution in [0.15, 0.2) is 18.2 Å². The van der Waals surface area contributed by atoms with Crippen molar-refractivity contribution in [3.05, 3.63) is 29.3 Å². The number of Topliss-reactive ketones (excluding diaryl/α,β-unsaturated/α-hetero) is 1. The number of esters is 1. The van der Waals surface area contributed by atoms with Crippen molar-refractivity contribution in [2.24, 2.45) is 0 Å². The van der Waals surface area contributed by atoms with E-state index in [0.717, 1.165) is 5.56 Å². The zero-order valence-electron chi connectivity index (χ0n) is 9.15. The first-order valence-corrected chi connectivity index (χ1v) is 5.03. The molecule has 0 fully saturated rings. The zero-order valence-corrected chi connectivity index (χ0v) is 9.15. The Hall–Kier alpha value is -1.84. The van der Waals surface area contributed by atoms with Gasteiger partial charge in [0.25, 0.3) is 0 Å². The molecular weight excluding hydrogens is 208 g/mol. The lowest BCUT2D eigenvalue weighted by Crippen LogP contribution is -2.36. The van der Waals surface area contributed by atoms with Crippen LogP contribution in [0.2, 0.25) is 0 Å². The maximum absolute atomic E-state index is 11.9. The van der Waals surface area contributed by atoms with Crippen molar-refractivity contribution < 1.29 is 19.1 Å². The summed E-state index contributed by atoms with van der Waals surface area (Å²) in [5.74, 6) is -0.114. The molecule has 0 aliphatic carbocycles. The summed E-state index contributed by atoms with van der Waals surface area (Å²) in [5, 5.41) is 0. The lowest BCUT2D eigenvalue weighted by atomic mass is 10.0. The molecule has 1 aromatic rings. The van der Waals surface area contributed by atoms with Gasteiger partial charge in [-0.1, -0.05) is 11.6 Å². The average Bonchev–Trinajstić information content (AvgIpc) is 2.22. The molecule has 0 N–H and O–H groups in total. The van der Waals surface area contributed by atoms with Gasteiger partial charge in [0, 0.05) is 6.92 Å². The van der Waals surface area contributed by atoms with Crippen molar-refractivity contribution in [1.82, 2.24) is 0 Å². The van der Waals surface area contributed by atoms with Crippen LogP contribution in [-0.4, -0.2) is 24.5 Å². The quantitative estimate of drug-likeness (QED) is 0.673. The molecule has 16 heavy (non-hydrogen) atoms. The molecule has 0 aromatic heterocycles. The van der Waals surface area contributed by atoms with Crippen LogP contribution in [0, 0.1) is 6.92 Å². The number of carbonyl (C=O) groups excluding carboxylic acids is 2. The monoisotopic (exact) mass is 220 g/mol. The number of rotatable bonds is 1. The fraction of sp³-hybridized carbons (Fsp3) is 0.333. The number of benzene rings is 1. The summed E-state index contributed by atoms with van der Waals surface area (Å²) in [6, 6.07) is 5.37. The smallest absolute Gasteiger partial charge is 0.303 e. The van der Waals surface area contributed by atoms with Crippen LogP contribution < -0.4 is 4.74 Å². The molecule has 4 nitrogen and oxygen atoms in total. The molecule has 0 bridgehead atoms. The highest BCUT2D eigenvalue weighted by molar-refractivity contribution is 6.03. The van der Waals surface area contributed by atoms with Gasteiger partial charge in [-0.25, -0.2) is 0 Å². The normalized spacial score (nSPS) is 18.6. The summed E-state index contributed by atoms with van der Waals surface area (Å²) in [6.07, 6.45) is -0.813. The first-order valence-electron chi connectivity index (χ1n) is 5.03. The molecule has 2 rings (SSSR count). The van der Waals surface area contributed by atoms with E-state index in [0.29, 0.717) is 11.3 Å². The number of ether oxygens (including phenoxy) is 2. The van der Waals surface area contributed by atoms with Crippen molar-refractivity contribution in [1.29, 1.82) is 0 Å². The molecule has 0 saturated heterocycles. The largest absolute Gasteiger partial charge is 0.488 e. The number of fused-ring (bicyclic) bond motifs is 1. The van der Waals surface area contributed by atoms with Gasteiger partial charge in [-0.15, -0.1) is 0 Å². The number of aryl methyl sites for hydroxylation is 1. The predicted molar refractivity (Wildman–Crippen MR) is 56.6 cm³/mol. The Labute approximate surface area is 93.2 Å². The molecule has 0 spiro atoms. The summed E-state index contributed by atoms with van der Waals surface area (Å²) >= 11 is 0. The molecule has 0 radical (unpaired) electrons. The Morgan fingerprint density at radius 2 is 2.25 bits per heavy atom. The van der Waals surface area contributed by atoms with E-state index >= 15 is 0 Å². The summed E-state index contributed by atoms with van der Waals surface area (Å²) in [7, 11) is 0. The van der Waals surface area contributed by atoms with Crippen LogP contribution in [0.25, 0.3) is 0 Å². The minimum absolute atomic E-state index is 0.0917. The van der Waals surface area contributed by atoms with Crippen LogP contribution in [0.5, 0.6) is 5.75 Å². The third-order valence-corrected chi connectivity index (χ3v) is 2.39. The minimum Gasteiger partial charge on any atom is -0.488 e. The first-order chi connectivity index (χ1) is 7.58. The van der Waals surface area contributed by atoms with Gasteiger partial charge in [-0.05, 0) is 19.1 Å². The molecular formula is C12H12O4. The molecule has 1 aliphatic heterocycles. The molecule has 1 atom stereocenters. The Balaban J connectivity index is 2.30. The Morgan fingerprint density at radius 3 is 2.94 bits per heavy atom. The second-order valence-electron chi connectivity index (χ2n) is 3.77. The number of ketones is 1. The lowest BCUT2D eigenvalue weighted by molar-refractivity contribution is -0.145. The minimum atomic E-state index is -0.813. The van der Waals surface area contributed by atoms with Gasteiger partial charge in [0.1, 0.15) is 12.4 Å². The van der Waals surface area contributed by atoms with E-state index in [-0.39, 0.29) is 12.4 Å². The van der Waals surface area contributed by atoms with Crippen molar-refractivity contribution in [3.8, 4) is 5.75 Å². The van der Waals surface area contributed by atoms with E-state index in [1.165, 1.54) is 6.92 Å². The van der Waals surface area contributed by atoms with Crippen LogP contribution >= 0.6 is 0 Å². The maximum atomic E-state index is 11.9. The molecule has 0 saturated carbocycles. The molecule has 1 aromatic carbocycles. The van der Waals surface area contributed by atoms with Gasteiger partial charge in [0.2, 0.25) is 5.78 Å². The third-order valence-electron chi connectivity index (χ3n) is 2.39. The summed E-state index contributed by atoms with van der Waals surface area (Å²) in [4.78, 5) is 22.8. The van der Waals surface area contributed by atoms with Gasteiger partial charge >= 0.3 is 5.97 Å². The molecule has 1 unspecified atom stereocenters. The fourth-order valence-electron chi connectivity index (χ4n) is 1.66. The highest BCUT2D eigenvalue weighted by atomic mass is 16.6. The predicted octanol–water partition coefficient (Wildman–Crippen LogP) is 1.50. The first kappa shape index (κ1) is 10.7. The van der Waals surface area contributed by atoms with E-state index in [1.807, 2.05) is 13.0 Å². The molecule has 1 heterocycles. The van der Waals surface area contributed by atoms with Crippen molar-refractivity contribution in [2.45, 2.75) is 20.0 Å². The number of hydrogen-bond donors (Lipinski definition) is 0. The van der Waals surface area contributed by atoms with E-state index < -0.39 is 12.1 Å². The van der Waals surface area contributed by atoms with Crippen LogP contribution in [0.3, 0.4) is 0 Å². The van der Waals surface area contributed by atoms with E-state index in [2.05, 4.69) is 0 Å². The van der Waals surface area contributed by atoms with Gasteiger partial charge in [0.15, 0.2) is 6.10 Å². The Morgan fingerprint density at radius 1 is 1.50 bits per heavy atom. The topological polar surface area (TPSA) is 52.6 Å². The summed E-state index contributed by atoms with van der Waals surface area (Å²) in [6.45, 7) is 3.26. The maximum Gasteiger partial charge on any atom is 0.303 e. The SMILES string of the molecule is CC(=O)OC1COc2ccc(C)cc2C1=O. The third kappa shape index (κ3) is 1.91. The fourth-order valence-corrected chi connectivity index (χ4v) is 1.66. The van der Waals surface area contributed by atoms with Gasteiger partial charge < -0.3 is 9.47 Å². The standard InChI is InChI=1S/C12H12O4/c1-7-3-4-10-9(5-7)12(14)11(6-15-10)16-8(2)13/h3-5,11H,6H2,1-2H3. The highest BCUT2D eigenvalue weighted by Crippen LogP contribution is 2.26. The summed E-state index contributed by atoms with van der Waals surface area (Å²) in [5.41, 5.74) is 1.46. The second kappa shape index (κ2) is 3.96. The Bertz CT molecular complexity index is 450. The van der Waals surface area contributed by atoms with E-state index in [4.69, 9.17) is 9.47 Å². The van der Waals surface area contributed by atoms with Crippen LogP contribution in [-0.2, 0) is 9.53 Å². The Kier molecular flexibility index (Phi) is 2.64. The van der Waals surface area contributed by atoms with Crippen molar-refractivity contribution >= 4 is 11.8 Å². The lowest BCUT2D eigenvalue weighted by Gasteiger charge is -2.23. The van der Waals surface area contributed by atoms with Gasteiger partial charge in [-0.2, -0.15) is 0 Å². The van der Waals surface area contributed by atoms with Crippen molar-refractivity contribution in [2.75, 3.05) is 6.61 Å². The van der Waals surface area contributed by atoms with Crippen molar-refractivity contribution in [3.63, 3.8) is 0 Å². The van der Waals surface area contributed by atoms with Gasteiger partial charge in [-0.3, -0.25) is 9.59 Å².